The van der Waals surface area contributed by atoms with E-state index in [1.165, 1.54) is 24.4 Å². The van der Waals surface area contributed by atoms with E-state index < -0.39 is 30.3 Å². The fraction of sp³-hybridized carbons (Fsp3) is 0.300. The Kier molecular flexibility index (Phi) is 3.93. The standard InChI is InChI=1S/C10H7F4NO2/c11-9(12)10(13,14)8(17)5-7(16)6-3-1-2-4-15-6/h1-4,9H,5H2. The van der Waals surface area contributed by atoms with Crippen molar-refractivity contribution in [1.82, 2.24) is 4.98 Å². The van der Waals surface area contributed by atoms with Crippen molar-refractivity contribution in [3.05, 3.63) is 30.1 Å². The van der Waals surface area contributed by atoms with E-state index in [-0.39, 0.29) is 5.69 Å². The Morgan fingerprint density at radius 2 is 1.94 bits per heavy atom. The zero-order valence-corrected chi connectivity index (χ0v) is 8.37. The number of aromatic nitrogens is 1. The van der Waals surface area contributed by atoms with Crippen molar-refractivity contribution in [3.8, 4) is 0 Å². The van der Waals surface area contributed by atoms with Gasteiger partial charge in [0.25, 0.3) is 0 Å². The molecule has 0 bridgehead atoms. The molecule has 0 atom stereocenters. The van der Waals surface area contributed by atoms with Crippen LogP contribution in [0.5, 0.6) is 0 Å². The van der Waals surface area contributed by atoms with Crippen molar-refractivity contribution < 1.29 is 27.2 Å². The van der Waals surface area contributed by atoms with Crippen LogP contribution in [0.1, 0.15) is 16.9 Å². The first-order chi connectivity index (χ1) is 7.85. The van der Waals surface area contributed by atoms with Gasteiger partial charge in [0.15, 0.2) is 5.78 Å². The first-order valence-corrected chi connectivity index (χ1v) is 4.49. The second-order valence-corrected chi connectivity index (χ2v) is 3.16. The quantitative estimate of drug-likeness (QED) is 0.456. The van der Waals surface area contributed by atoms with Gasteiger partial charge in [0, 0.05) is 6.20 Å². The summed E-state index contributed by atoms with van der Waals surface area (Å²) in [6.07, 6.45) is -4.19. The molecule has 92 valence electrons. The van der Waals surface area contributed by atoms with E-state index in [2.05, 4.69) is 4.98 Å². The normalized spacial score (nSPS) is 11.6. The average Bonchev–Trinajstić information content (AvgIpc) is 2.29. The summed E-state index contributed by atoms with van der Waals surface area (Å²) >= 11 is 0. The van der Waals surface area contributed by atoms with Gasteiger partial charge in [0.2, 0.25) is 5.78 Å². The molecule has 1 rings (SSSR count). The number of alkyl halides is 4. The summed E-state index contributed by atoms with van der Waals surface area (Å²) in [5.41, 5.74) is -0.217. The van der Waals surface area contributed by atoms with Crippen LogP contribution in [0, 0.1) is 0 Å². The van der Waals surface area contributed by atoms with E-state index in [0.29, 0.717) is 0 Å². The number of Topliss-reactive ketones (excluding diaryl/α,β-unsaturated/α-hetero) is 2. The monoisotopic (exact) mass is 249 g/mol. The third kappa shape index (κ3) is 3.08. The lowest BCUT2D eigenvalue weighted by atomic mass is 10.1. The van der Waals surface area contributed by atoms with E-state index in [9.17, 15) is 27.2 Å². The molecule has 17 heavy (non-hydrogen) atoms. The maximum atomic E-state index is 12.5. The van der Waals surface area contributed by atoms with Gasteiger partial charge in [-0.3, -0.25) is 14.6 Å². The average molecular weight is 249 g/mol. The van der Waals surface area contributed by atoms with Crippen molar-refractivity contribution in [2.24, 2.45) is 0 Å². The molecule has 0 saturated heterocycles. The minimum Gasteiger partial charge on any atom is -0.292 e. The van der Waals surface area contributed by atoms with E-state index in [0.717, 1.165) is 0 Å². The lowest BCUT2D eigenvalue weighted by Crippen LogP contribution is -2.37. The lowest BCUT2D eigenvalue weighted by Gasteiger charge is -2.12. The lowest BCUT2D eigenvalue weighted by molar-refractivity contribution is -0.166. The molecule has 0 N–H and O–H groups in total. The third-order valence-electron chi connectivity index (χ3n) is 1.92. The molecule has 0 spiro atoms. The molecule has 3 nitrogen and oxygen atoms in total. The second-order valence-electron chi connectivity index (χ2n) is 3.16. The summed E-state index contributed by atoms with van der Waals surface area (Å²) in [5, 5.41) is 0. The topological polar surface area (TPSA) is 47.0 Å². The zero-order valence-electron chi connectivity index (χ0n) is 8.37. The molecule has 0 aliphatic carbocycles. The Hall–Kier alpha value is -1.79. The Morgan fingerprint density at radius 1 is 1.29 bits per heavy atom. The van der Waals surface area contributed by atoms with Gasteiger partial charge in [-0.2, -0.15) is 8.78 Å². The highest BCUT2D eigenvalue weighted by Gasteiger charge is 2.48. The molecule has 0 fully saturated rings. The van der Waals surface area contributed by atoms with Crippen LogP contribution in [0.3, 0.4) is 0 Å². The maximum absolute atomic E-state index is 12.5. The van der Waals surface area contributed by atoms with Crippen molar-refractivity contribution in [2.45, 2.75) is 18.8 Å². The predicted octanol–water partition coefficient (Wildman–Crippen LogP) is 2.12. The number of carbonyl (C=O) groups is 2. The number of ketones is 2. The summed E-state index contributed by atoms with van der Waals surface area (Å²) < 4.78 is 48.7. The largest absolute Gasteiger partial charge is 0.364 e. The zero-order chi connectivity index (χ0) is 13.1. The first-order valence-electron chi connectivity index (χ1n) is 4.49. The molecule has 1 heterocycles. The van der Waals surface area contributed by atoms with Crippen molar-refractivity contribution in [1.29, 1.82) is 0 Å². The SMILES string of the molecule is O=C(CC(=O)C(F)(F)C(F)F)c1ccccn1. The fourth-order valence-corrected chi connectivity index (χ4v) is 1.00. The van der Waals surface area contributed by atoms with E-state index >= 15 is 0 Å². The van der Waals surface area contributed by atoms with E-state index in [1.54, 1.807) is 0 Å². The summed E-state index contributed by atoms with van der Waals surface area (Å²) in [6, 6.07) is 4.10. The van der Waals surface area contributed by atoms with Gasteiger partial charge >= 0.3 is 12.3 Å². The Balaban J connectivity index is 2.74. The molecule has 0 unspecified atom stereocenters. The van der Waals surface area contributed by atoms with Gasteiger partial charge in [-0.1, -0.05) is 6.07 Å². The van der Waals surface area contributed by atoms with Crippen LogP contribution in [0.15, 0.2) is 24.4 Å². The molecule has 0 saturated carbocycles. The van der Waals surface area contributed by atoms with Crippen LogP contribution in [0.2, 0.25) is 0 Å². The minimum absolute atomic E-state index is 0.217. The summed E-state index contributed by atoms with van der Waals surface area (Å²) in [5.74, 6) is -7.93. The van der Waals surface area contributed by atoms with Gasteiger partial charge in [0.1, 0.15) is 5.69 Å². The minimum atomic E-state index is -4.80. The molecular formula is C10H7F4NO2. The number of rotatable bonds is 5. The Labute approximate surface area is 93.5 Å². The van der Waals surface area contributed by atoms with Gasteiger partial charge in [0.05, 0.1) is 6.42 Å². The van der Waals surface area contributed by atoms with Crippen molar-refractivity contribution >= 4 is 11.6 Å². The fourth-order valence-electron chi connectivity index (χ4n) is 1.00. The van der Waals surface area contributed by atoms with Gasteiger partial charge < -0.3 is 0 Å². The second kappa shape index (κ2) is 5.03. The van der Waals surface area contributed by atoms with Gasteiger partial charge in [-0.25, -0.2) is 8.78 Å². The Bertz CT molecular complexity index is 420. The van der Waals surface area contributed by atoms with E-state index in [1.807, 2.05) is 0 Å². The number of pyridine rings is 1. The van der Waals surface area contributed by atoms with Crippen LogP contribution in [-0.2, 0) is 4.79 Å². The number of nitrogens with zero attached hydrogens (tertiary/aromatic N) is 1. The number of carbonyl (C=O) groups excluding carboxylic acids is 2. The number of hydrogen-bond donors (Lipinski definition) is 0. The molecule has 0 aliphatic rings. The van der Waals surface area contributed by atoms with Crippen molar-refractivity contribution in [2.75, 3.05) is 0 Å². The summed E-state index contributed by atoms with van der Waals surface area (Å²) in [7, 11) is 0. The van der Waals surface area contributed by atoms with Gasteiger partial charge in [-0.15, -0.1) is 0 Å². The van der Waals surface area contributed by atoms with Crippen molar-refractivity contribution in [3.63, 3.8) is 0 Å². The highest BCUT2D eigenvalue weighted by molar-refractivity contribution is 6.09. The summed E-state index contributed by atoms with van der Waals surface area (Å²) in [6.45, 7) is 0. The van der Waals surface area contributed by atoms with Crippen LogP contribution in [-0.4, -0.2) is 28.9 Å². The molecule has 1 aromatic heterocycles. The maximum Gasteiger partial charge on any atom is 0.364 e. The number of hydrogen-bond acceptors (Lipinski definition) is 3. The smallest absolute Gasteiger partial charge is 0.292 e. The molecule has 7 heteroatoms. The van der Waals surface area contributed by atoms with Crippen LogP contribution >= 0.6 is 0 Å². The van der Waals surface area contributed by atoms with E-state index in [4.69, 9.17) is 0 Å². The van der Waals surface area contributed by atoms with Crippen LogP contribution in [0.25, 0.3) is 0 Å². The molecule has 0 aliphatic heterocycles. The number of halogens is 4. The molecule has 0 radical (unpaired) electrons. The molecule has 0 aromatic carbocycles. The highest BCUT2D eigenvalue weighted by atomic mass is 19.3. The first kappa shape index (κ1) is 13.3. The molecule has 1 aromatic rings. The molecular weight excluding hydrogens is 242 g/mol. The van der Waals surface area contributed by atoms with Crippen LogP contribution < -0.4 is 0 Å². The highest BCUT2D eigenvalue weighted by Crippen LogP contribution is 2.25. The third-order valence-corrected chi connectivity index (χ3v) is 1.92. The molecule has 0 amide bonds. The predicted molar refractivity (Wildman–Crippen MR) is 49.1 cm³/mol. The van der Waals surface area contributed by atoms with Crippen LogP contribution in [0.4, 0.5) is 17.6 Å². The summed E-state index contributed by atoms with van der Waals surface area (Å²) in [4.78, 5) is 25.6. The Morgan fingerprint density at radius 3 is 2.41 bits per heavy atom. The van der Waals surface area contributed by atoms with Gasteiger partial charge in [-0.05, 0) is 12.1 Å².